The summed E-state index contributed by atoms with van der Waals surface area (Å²) < 4.78 is 17.1. The monoisotopic (exact) mass is 403 g/mol. The van der Waals surface area contributed by atoms with Gasteiger partial charge in [-0.05, 0) is 55.0 Å². The number of hydrogen-bond acceptors (Lipinski definition) is 4. The first kappa shape index (κ1) is 21.0. The van der Waals surface area contributed by atoms with Crippen LogP contribution >= 0.6 is 0 Å². The Labute approximate surface area is 176 Å². The lowest BCUT2D eigenvalue weighted by atomic mass is 10.2. The summed E-state index contributed by atoms with van der Waals surface area (Å²) in [5.74, 6) is 1.74. The highest BCUT2D eigenvalue weighted by molar-refractivity contribution is 6.05. The number of hydrogen-bond donors (Lipinski definition) is 1. The number of anilines is 1. The highest BCUT2D eigenvalue weighted by atomic mass is 16.5. The minimum atomic E-state index is -0.243. The van der Waals surface area contributed by atoms with Gasteiger partial charge in [0, 0.05) is 5.56 Å². The molecule has 0 atom stereocenters. The molecule has 0 aliphatic rings. The fourth-order valence-corrected chi connectivity index (χ4v) is 2.65. The predicted molar refractivity (Wildman–Crippen MR) is 119 cm³/mol. The fraction of sp³-hybridized carbons (Fsp3) is 0.160. The summed E-state index contributed by atoms with van der Waals surface area (Å²) in [6.07, 6.45) is 0. The van der Waals surface area contributed by atoms with Gasteiger partial charge in [0.1, 0.15) is 37.1 Å². The predicted octanol–water partition coefficient (Wildman–Crippen LogP) is 5.35. The molecule has 0 aromatic heterocycles. The third-order valence-electron chi connectivity index (χ3n) is 4.07. The number of carbonyl (C=O) groups is 1. The van der Waals surface area contributed by atoms with Gasteiger partial charge in [0.15, 0.2) is 0 Å². The minimum Gasteiger partial charge on any atom is -0.490 e. The normalized spacial score (nSPS) is 10.2. The van der Waals surface area contributed by atoms with Gasteiger partial charge in [0.25, 0.3) is 5.91 Å². The summed E-state index contributed by atoms with van der Waals surface area (Å²) in [4.78, 5) is 12.7. The van der Waals surface area contributed by atoms with Crippen molar-refractivity contribution in [2.24, 2.45) is 0 Å². The molecule has 0 aliphatic heterocycles. The number of ether oxygens (including phenoxy) is 3. The van der Waals surface area contributed by atoms with Crippen LogP contribution in [0.1, 0.15) is 17.3 Å². The molecule has 3 aromatic rings. The zero-order valence-corrected chi connectivity index (χ0v) is 17.0. The van der Waals surface area contributed by atoms with Gasteiger partial charge in [-0.3, -0.25) is 4.79 Å². The van der Waals surface area contributed by atoms with E-state index in [4.69, 9.17) is 14.2 Å². The first-order valence-corrected chi connectivity index (χ1v) is 9.70. The van der Waals surface area contributed by atoms with Gasteiger partial charge in [-0.1, -0.05) is 43.0 Å². The molecule has 0 saturated heterocycles. The molecular weight excluding hydrogens is 378 g/mol. The maximum atomic E-state index is 12.7. The van der Waals surface area contributed by atoms with E-state index in [1.807, 2.05) is 61.5 Å². The number of para-hydroxylation sites is 3. The molecule has 3 aromatic carbocycles. The van der Waals surface area contributed by atoms with Crippen molar-refractivity contribution in [3.63, 3.8) is 0 Å². The van der Waals surface area contributed by atoms with E-state index in [1.165, 1.54) is 0 Å². The zero-order valence-electron chi connectivity index (χ0n) is 17.0. The standard InChI is InChI=1S/C25H25NO4/c1-19(2)18-30-22-12-8-9-20(17-22)25(27)26-23-13-6-7-14-24(23)29-16-15-28-21-10-4-3-5-11-21/h3-14,17H,1,15-16,18H2,2H3,(H,26,27). The molecule has 5 heteroatoms. The molecule has 0 aliphatic carbocycles. The van der Waals surface area contributed by atoms with Crippen LogP contribution in [0.25, 0.3) is 0 Å². The van der Waals surface area contributed by atoms with Crippen molar-refractivity contribution in [2.75, 3.05) is 25.1 Å². The first-order chi connectivity index (χ1) is 14.6. The Bertz CT molecular complexity index is 985. The van der Waals surface area contributed by atoms with Gasteiger partial charge in [-0.15, -0.1) is 0 Å². The summed E-state index contributed by atoms with van der Waals surface area (Å²) in [6.45, 7) is 6.86. The van der Waals surface area contributed by atoms with Gasteiger partial charge in [0.2, 0.25) is 0 Å². The molecule has 0 fully saturated rings. The van der Waals surface area contributed by atoms with Crippen LogP contribution in [-0.2, 0) is 0 Å². The summed E-state index contributed by atoms with van der Waals surface area (Å²) in [6, 6.07) is 23.9. The molecule has 1 N–H and O–H groups in total. The molecule has 0 heterocycles. The average molecular weight is 403 g/mol. The van der Waals surface area contributed by atoms with Crippen molar-refractivity contribution in [2.45, 2.75) is 6.92 Å². The number of nitrogens with one attached hydrogen (secondary N) is 1. The Balaban J connectivity index is 1.58. The van der Waals surface area contributed by atoms with E-state index in [0.29, 0.717) is 42.6 Å². The van der Waals surface area contributed by atoms with Crippen molar-refractivity contribution in [3.8, 4) is 17.2 Å². The van der Waals surface area contributed by atoms with E-state index in [-0.39, 0.29) is 5.91 Å². The quantitative estimate of drug-likeness (QED) is 0.366. The Kier molecular flexibility index (Phi) is 7.50. The van der Waals surface area contributed by atoms with Gasteiger partial charge in [-0.2, -0.15) is 0 Å². The van der Waals surface area contributed by atoms with Gasteiger partial charge in [-0.25, -0.2) is 0 Å². The van der Waals surface area contributed by atoms with Crippen LogP contribution in [-0.4, -0.2) is 25.7 Å². The molecule has 1 amide bonds. The van der Waals surface area contributed by atoms with Crippen molar-refractivity contribution in [1.29, 1.82) is 0 Å². The summed E-state index contributed by atoms with van der Waals surface area (Å²) >= 11 is 0. The Morgan fingerprint density at radius 3 is 2.33 bits per heavy atom. The second-order valence-electron chi connectivity index (χ2n) is 6.73. The third-order valence-corrected chi connectivity index (χ3v) is 4.07. The Morgan fingerprint density at radius 1 is 0.833 bits per heavy atom. The molecule has 0 spiro atoms. The van der Waals surface area contributed by atoms with Gasteiger partial charge < -0.3 is 19.5 Å². The number of amides is 1. The molecular formula is C25H25NO4. The summed E-state index contributed by atoms with van der Waals surface area (Å²) in [7, 11) is 0. The summed E-state index contributed by atoms with van der Waals surface area (Å²) in [5.41, 5.74) is 2.00. The van der Waals surface area contributed by atoms with E-state index >= 15 is 0 Å². The third kappa shape index (κ3) is 6.41. The highest BCUT2D eigenvalue weighted by Crippen LogP contribution is 2.25. The van der Waals surface area contributed by atoms with E-state index in [9.17, 15) is 4.79 Å². The Hall–Kier alpha value is -3.73. The molecule has 0 radical (unpaired) electrons. The van der Waals surface area contributed by atoms with Crippen LogP contribution in [0.5, 0.6) is 17.2 Å². The topological polar surface area (TPSA) is 56.8 Å². The van der Waals surface area contributed by atoms with Crippen LogP contribution < -0.4 is 19.5 Å². The first-order valence-electron chi connectivity index (χ1n) is 9.70. The lowest BCUT2D eigenvalue weighted by Gasteiger charge is -2.13. The largest absolute Gasteiger partial charge is 0.490 e. The van der Waals surface area contributed by atoms with Crippen LogP contribution in [0.4, 0.5) is 5.69 Å². The van der Waals surface area contributed by atoms with E-state index in [2.05, 4.69) is 11.9 Å². The van der Waals surface area contributed by atoms with Crippen molar-refractivity contribution in [3.05, 3.63) is 96.6 Å². The second-order valence-corrected chi connectivity index (χ2v) is 6.73. The number of rotatable bonds is 10. The van der Waals surface area contributed by atoms with Crippen LogP contribution in [0.2, 0.25) is 0 Å². The molecule has 154 valence electrons. The molecule has 5 nitrogen and oxygen atoms in total. The lowest BCUT2D eigenvalue weighted by Crippen LogP contribution is -2.14. The van der Waals surface area contributed by atoms with Crippen molar-refractivity contribution < 1.29 is 19.0 Å². The maximum absolute atomic E-state index is 12.7. The zero-order chi connectivity index (χ0) is 21.2. The Morgan fingerprint density at radius 2 is 1.53 bits per heavy atom. The molecule has 30 heavy (non-hydrogen) atoms. The van der Waals surface area contributed by atoms with E-state index in [0.717, 1.165) is 11.3 Å². The molecule has 3 rings (SSSR count). The second kappa shape index (κ2) is 10.7. The highest BCUT2D eigenvalue weighted by Gasteiger charge is 2.11. The minimum absolute atomic E-state index is 0.243. The van der Waals surface area contributed by atoms with Crippen molar-refractivity contribution >= 4 is 11.6 Å². The number of carbonyl (C=O) groups excluding carboxylic acids is 1. The van der Waals surface area contributed by atoms with E-state index < -0.39 is 0 Å². The van der Waals surface area contributed by atoms with Crippen LogP contribution in [0.15, 0.2) is 91.0 Å². The lowest BCUT2D eigenvalue weighted by molar-refractivity contribution is 0.102. The van der Waals surface area contributed by atoms with Crippen LogP contribution in [0.3, 0.4) is 0 Å². The van der Waals surface area contributed by atoms with Gasteiger partial charge in [0.05, 0.1) is 5.69 Å². The van der Waals surface area contributed by atoms with Gasteiger partial charge >= 0.3 is 0 Å². The fourth-order valence-electron chi connectivity index (χ4n) is 2.65. The summed E-state index contributed by atoms with van der Waals surface area (Å²) in [5, 5.41) is 2.90. The average Bonchev–Trinajstić information content (AvgIpc) is 2.77. The van der Waals surface area contributed by atoms with Crippen molar-refractivity contribution in [1.82, 2.24) is 0 Å². The molecule has 0 bridgehead atoms. The molecule has 0 unspecified atom stereocenters. The maximum Gasteiger partial charge on any atom is 0.255 e. The van der Waals surface area contributed by atoms with E-state index in [1.54, 1.807) is 24.3 Å². The number of benzene rings is 3. The molecule has 0 saturated carbocycles. The van der Waals surface area contributed by atoms with Crippen LogP contribution in [0, 0.1) is 0 Å². The smallest absolute Gasteiger partial charge is 0.255 e. The SMILES string of the molecule is C=C(C)COc1cccc(C(=O)Nc2ccccc2OCCOc2ccccc2)c1.